The summed E-state index contributed by atoms with van der Waals surface area (Å²) in [5.41, 5.74) is 4.77. The summed E-state index contributed by atoms with van der Waals surface area (Å²) < 4.78 is 1.23. The van der Waals surface area contributed by atoms with Crippen LogP contribution in [0, 0.1) is 0 Å². The first-order valence-electron chi connectivity index (χ1n) is 8.01. The highest BCUT2D eigenvalue weighted by atomic mass is 32.1. The van der Waals surface area contributed by atoms with E-state index in [0.717, 1.165) is 17.1 Å². The first kappa shape index (κ1) is 14.9. The number of para-hydroxylation sites is 1. The second-order valence-electron chi connectivity index (χ2n) is 5.88. The van der Waals surface area contributed by atoms with Crippen LogP contribution in [-0.2, 0) is 6.54 Å². The number of anilines is 1. The highest BCUT2D eigenvalue weighted by Crippen LogP contribution is 2.31. The molecule has 24 heavy (non-hydrogen) atoms. The van der Waals surface area contributed by atoms with Gasteiger partial charge >= 0.3 is 0 Å². The lowest BCUT2D eigenvalue weighted by Gasteiger charge is -2.19. The van der Waals surface area contributed by atoms with Crippen LogP contribution in [0.3, 0.4) is 0 Å². The van der Waals surface area contributed by atoms with Crippen molar-refractivity contribution in [2.45, 2.75) is 6.54 Å². The van der Waals surface area contributed by atoms with Crippen molar-refractivity contribution in [3.05, 3.63) is 84.4 Å². The van der Waals surface area contributed by atoms with Crippen molar-refractivity contribution in [3.63, 3.8) is 0 Å². The fourth-order valence-corrected chi connectivity index (χ4v) is 3.77. The van der Waals surface area contributed by atoms with E-state index in [9.17, 15) is 0 Å². The van der Waals surface area contributed by atoms with Crippen molar-refractivity contribution < 1.29 is 0 Å². The van der Waals surface area contributed by atoms with Crippen molar-refractivity contribution in [2.75, 3.05) is 11.9 Å². The lowest BCUT2D eigenvalue weighted by Crippen LogP contribution is -2.15. The van der Waals surface area contributed by atoms with Crippen molar-refractivity contribution in [2.24, 2.45) is 0 Å². The summed E-state index contributed by atoms with van der Waals surface area (Å²) in [6.45, 7) is 0.904. The SMILES string of the molecule is CN(Cc1ccccc1)c1ccc(-c2nc3ccccc3s2)cc1. The van der Waals surface area contributed by atoms with Gasteiger partial charge in [0.05, 0.1) is 10.2 Å². The zero-order valence-corrected chi connectivity index (χ0v) is 14.3. The van der Waals surface area contributed by atoms with Crippen LogP contribution in [0.25, 0.3) is 20.8 Å². The van der Waals surface area contributed by atoms with Gasteiger partial charge in [0, 0.05) is 24.8 Å². The fourth-order valence-electron chi connectivity index (χ4n) is 2.80. The van der Waals surface area contributed by atoms with Gasteiger partial charge in [0.1, 0.15) is 5.01 Å². The molecule has 1 heterocycles. The second-order valence-corrected chi connectivity index (χ2v) is 6.91. The Kier molecular flexibility index (Phi) is 4.01. The van der Waals surface area contributed by atoms with Crippen LogP contribution in [0.2, 0.25) is 0 Å². The van der Waals surface area contributed by atoms with E-state index in [2.05, 4.69) is 84.7 Å². The maximum Gasteiger partial charge on any atom is 0.124 e. The van der Waals surface area contributed by atoms with Gasteiger partial charge in [-0.2, -0.15) is 0 Å². The Morgan fingerprint density at radius 3 is 2.29 bits per heavy atom. The minimum atomic E-state index is 0.904. The molecule has 3 aromatic carbocycles. The zero-order valence-electron chi connectivity index (χ0n) is 13.5. The lowest BCUT2D eigenvalue weighted by molar-refractivity contribution is 0.923. The Balaban J connectivity index is 1.55. The fraction of sp³-hybridized carbons (Fsp3) is 0.0952. The van der Waals surface area contributed by atoms with Gasteiger partial charge in [-0.3, -0.25) is 0 Å². The van der Waals surface area contributed by atoms with E-state index < -0.39 is 0 Å². The maximum absolute atomic E-state index is 4.73. The molecule has 0 fully saturated rings. The first-order chi connectivity index (χ1) is 11.8. The normalized spacial score (nSPS) is 10.9. The van der Waals surface area contributed by atoms with Crippen LogP contribution >= 0.6 is 11.3 Å². The molecule has 0 aliphatic heterocycles. The minimum Gasteiger partial charge on any atom is -0.370 e. The van der Waals surface area contributed by atoms with Gasteiger partial charge in [-0.25, -0.2) is 4.98 Å². The Hall–Kier alpha value is -2.65. The van der Waals surface area contributed by atoms with E-state index >= 15 is 0 Å². The number of hydrogen-bond acceptors (Lipinski definition) is 3. The molecule has 0 atom stereocenters. The standard InChI is InChI=1S/C21H18N2S/c1-23(15-16-7-3-2-4-8-16)18-13-11-17(12-14-18)21-22-19-9-5-6-10-20(19)24-21/h2-14H,15H2,1H3. The van der Waals surface area contributed by atoms with E-state index in [1.807, 2.05) is 6.07 Å². The number of thiazole rings is 1. The Bertz CT molecular complexity index is 909. The summed E-state index contributed by atoms with van der Waals surface area (Å²) in [5.74, 6) is 0. The van der Waals surface area contributed by atoms with Crippen LogP contribution in [0.1, 0.15) is 5.56 Å². The number of hydrogen-bond donors (Lipinski definition) is 0. The van der Waals surface area contributed by atoms with E-state index in [4.69, 9.17) is 4.98 Å². The van der Waals surface area contributed by atoms with Gasteiger partial charge < -0.3 is 4.90 Å². The van der Waals surface area contributed by atoms with Crippen LogP contribution in [0.15, 0.2) is 78.9 Å². The first-order valence-corrected chi connectivity index (χ1v) is 8.82. The minimum absolute atomic E-state index is 0.904. The smallest absolute Gasteiger partial charge is 0.124 e. The molecule has 1 aromatic heterocycles. The Labute approximate surface area is 146 Å². The molecule has 0 aliphatic carbocycles. The highest BCUT2D eigenvalue weighted by molar-refractivity contribution is 7.21. The summed E-state index contributed by atoms with van der Waals surface area (Å²) in [7, 11) is 2.12. The molecule has 4 aromatic rings. The molecule has 4 rings (SSSR count). The number of aromatic nitrogens is 1. The molecule has 0 saturated heterocycles. The topological polar surface area (TPSA) is 16.1 Å². The second kappa shape index (κ2) is 6.46. The van der Waals surface area contributed by atoms with Gasteiger partial charge in [-0.1, -0.05) is 42.5 Å². The molecule has 0 spiro atoms. The monoisotopic (exact) mass is 330 g/mol. The molecule has 0 N–H and O–H groups in total. The molecular weight excluding hydrogens is 312 g/mol. The molecule has 3 heteroatoms. The van der Waals surface area contributed by atoms with Gasteiger partial charge in [-0.15, -0.1) is 11.3 Å². The third-order valence-corrected chi connectivity index (χ3v) is 5.20. The summed E-state index contributed by atoms with van der Waals surface area (Å²) in [5, 5.41) is 1.08. The van der Waals surface area contributed by atoms with E-state index in [0.29, 0.717) is 0 Å². The third-order valence-electron chi connectivity index (χ3n) is 4.11. The van der Waals surface area contributed by atoms with E-state index in [-0.39, 0.29) is 0 Å². The van der Waals surface area contributed by atoms with Gasteiger partial charge in [0.2, 0.25) is 0 Å². The highest BCUT2D eigenvalue weighted by Gasteiger charge is 2.07. The average molecular weight is 330 g/mol. The largest absolute Gasteiger partial charge is 0.370 e. The summed E-state index contributed by atoms with van der Waals surface area (Å²) in [6.07, 6.45) is 0. The van der Waals surface area contributed by atoms with Crippen LogP contribution < -0.4 is 4.90 Å². The van der Waals surface area contributed by atoms with Crippen molar-refractivity contribution in [3.8, 4) is 10.6 Å². The third kappa shape index (κ3) is 3.03. The molecular formula is C21H18N2S. The summed E-state index contributed by atoms with van der Waals surface area (Å²) in [6, 6.07) is 27.5. The van der Waals surface area contributed by atoms with Crippen molar-refractivity contribution in [1.29, 1.82) is 0 Å². The van der Waals surface area contributed by atoms with Crippen molar-refractivity contribution in [1.82, 2.24) is 4.98 Å². The van der Waals surface area contributed by atoms with Gasteiger partial charge in [0.25, 0.3) is 0 Å². The van der Waals surface area contributed by atoms with E-state index in [1.165, 1.54) is 21.5 Å². The molecule has 2 nitrogen and oxygen atoms in total. The molecule has 0 radical (unpaired) electrons. The summed E-state index contributed by atoms with van der Waals surface area (Å²) in [4.78, 5) is 6.99. The van der Waals surface area contributed by atoms with E-state index in [1.54, 1.807) is 11.3 Å². The van der Waals surface area contributed by atoms with Crippen LogP contribution in [0.5, 0.6) is 0 Å². The maximum atomic E-state index is 4.73. The number of fused-ring (bicyclic) bond motifs is 1. The van der Waals surface area contributed by atoms with Gasteiger partial charge in [0.15, 0.2) is 0 Å². The molecule has 118 valence electrons. The average Bonchev–Trinajstić information content (AvgIpc) is 3.07. The van der Waals surface area contributed by atoms with Gasteiger partial charge in [-0.05, 0) is 42.0 Å². The Morgan fingerprint density at radius 1 is 0.833 bits per heavy atom. The predicted octanol–water partition coefficient (Wildman–Crippen LogP) is 5.60. The van der Waals surface area contributed by atoms with Crippen molar-refractivity contribution >= 4 is 27.2 Å². The number of rotatable bonds is 4. The molecule has 0 amide bonds. The Morgan fingerprint density at radius 2 is 1.54 bits per heavy atom. The molecule has 0 bridgehead atoms. The number of nitrogens with zero attached hydrogens (tertiary/aromatic N) is 2. The zero-order chi connectivity index (χ0) is 16.4. The molecule has 0 aliphatic rings. The summed E-state index contributed by atoms with van der Waals surface area (Å²) >= 11 is 1.74. The van der Waals surface area contributed by atoms with Crippen LogP contribution in [-0.4, -0.2) is 12.0 Å². The molecule has 0 saturated carbocycles. The van der Waals surface area contributed by atoms with Crippen LogP contribution in [0.4, 0.5) is 5.69 Å². The molecule has 0 unspecified atom stereocenters. The number of benzene rings is 3. The quantitative estimate of drug-likeness (QED) is 0.484. The predicted molar refractivity (Wildman–Crippen MR) is 104 cm³/mol. The lowest BCUT2D eigenvalue weighted by atomic mass is 10.1.